The van der Waals surface area contributed by atoms with Crippen LogP contribution in [-0.2, 0) is 5.41 Å². The van der Waals surface area contributed by atoms with Crippen molar-refractivity contribution in [2.75, 3.05) is 25.1 Å². The van der Waals surface area contributed by atoms with Crippen LogP contribution >= 0.6 is 0 Å². The normalized spacial score (nSPS) is 11.3. The Bertz CT molecular complexity index is 469. The fourth-order valence-electron chi connectivity index (χ4n) is 1.82. The number of carbonyl (C=O) groups is 1. The molecule has 6 nitrogen and oxygen atoms in total. The molecule has 1 amide bonds. The van der Waals surface area contributed by atoms with Gasteiger partial charge in [0.15, 0.2) is 0 Å². The molecule has 0 saturated carbocycles. The molecule has 1 rings (SSSR count). The number of aliphatic hydroxyl groups is 1. The number of nitrogens with one attached hydrogen (secondary N) is 1. The molecule has 1 heterocycles. The maximum absolute atomic E-state index is 12.4. The molecular formula is C14H24N4O2. The Morgan fingerprint density at radius 3 is 2.55 bits per heavy atom. The smallest absolute Gasteiger partial charge is 0.254 e. The highest BCUT2D eigenvalue weighted by Crippen LogP contribution is 2.23. The van der Waals surface area contributed by atoms with Crippen LogP contribution in [0.15, 0.2) is 12.1 Å². The van der Waals surface area contributed by atoms with E-state index in [4.69, 9.17) is 10.9 Å². The van der Waals surface area contributed by atoms with Crippen LogP contribution in [-0.4, -0.2) is 40.6 Å². The number of amides is 1. The Kier molecular flexibility index (Phi) is 5.47. The van der Waals surface area contributed by atoms with Crippen LogP contribution in [0, 0.1) is 0 Å². The van der Waals surface area contributed by atoms with Crippen molar-refractivity contribution < 1.29 is 9.90 Å². The first-order chi connectivity index (χ1) is 9.33. The van der Waals surface area contributed by atoms with Crippen molar-refractivity contribution in [1.82, 2.24) is 9.88 Å². The minimum Gasteiger partial charge on any atom is -0.395 e. The quantitative estimate of drug-likeness (QED) is 0.555. The molecule has 0 aromatic carbocycles. The number of aliphatic hydroxyl groups excluding tert-OH is 1. The zero-order valence-corrected chi connectivity index (χ0v) is 12.6. The average molecular weight is 280 g/mol. The zero-order valence-electron chi connectivity index (χ0n) is 12.6. The molecule has 0 unspecified atom stereocenters. The Morgan fingerprint density at radius 2 is 2.10 bits per heavy atom. The highest BCUT2D eigenvalue weighted by Gasteiger charge is 2.21. The molecule has 6 heteroatoms. The van der Waals surface area contributed by atoms with Gasteiger partial charge in [0.25, 0.3) is 5.91 Å². The highest BCUT2D eigenvalue weighted by molar-refractivity contribution is 5.95. The number of carbonyl (C=O) groups excluding carboxylic acids is 1. The number of likely N-dealkylation sites (N-methyl/N-ethyl adjacent to an activating group) is 1. The molecule has 0 radical (unpaired) electrons. The Hall–Kier alpha value is -1.66. The van der Waals surface area contributed by atoms with Gasteiger partial charge >= 0.3 is 0 Å². The molecule has 0 bridgehead atoms. The van der Waals surface area contributed by atoms with Gasteiger partial charge in [-0.25, -0.2) is 10.8 Å². The van der Waals surface area contributed by atoms with Gasteiger partial charge in [0.2, 0.25) is 0 Å². The summed E-state index contributed by atoms with van der Waals surface area (Å²) in [5.74, 6) is 5.75. The van der Waals surface area contributed by atoms with Crippen LogP contribution in [0.1, 0.15) is 43.7 Å². The van der Waals surface area contributed by atoms with Gasteiger partial charge in [0.05, 0.1) is 6.61 Å². The summed E-state index contributed by atoms with van der Waals surface area (Å²) in [6.07, 6.45) is 0. The first-order valence-electron chi connectivity index (χ1n) is 6.72. The van der Waals surface area contributed by atoms with Crippen molar-refractivity contribution in [3.05, 3.63) is 23.4 Å². The molecule has 1 aromatic heterocycles. The molecule has 0 atom stereocenters. The summed E-state index contributed by atoms with van der Waals surface area (Å²) >= 11 is 0. The third-order valence-corrected chi connectivity index (χ3v) is 3.03. The number of nitrogens with zero attached hydrogens (tertiary/aromatic N) is 2. The number of anilines is 1. The van der Waals surface area contributed by atoms with Crippen LogP contribution in [0.25, 0.3) is 0 Å². The lowest BCUT2D eigenvalue weighted by Crippen LogP contribution is -2.33. The van der Waals surface area contributed by atoms with Crippen molar-refractivity contribution in [2.24, 2.45) is 5.84 Å². The van der Waals surface area contributed by atoms with Crippen molar-refractivity contribution in [2.45, 2.75) is 33.1 Å². The van der Waals surface area contributed by atoms with E-state index in [9.17, 15) is 4.79 Å². The van der Waals surface area contributed by atoms with E-state index < -0.39 is 0 Å². The lowest BCUT2D eigenvalue weighted by atomic mass is 9.90. The number of hydrogen-bond donors (Lipinski definition) is 3. The largest absolute Gasteiger partial charge is 0.395 e. The first-order valence-corrected chi connectivity index (χ1v) is 6.72. The molecule has 0 saturated heterocycles. The number of rotatable bonds is 5. The zero-order chi connectivity index (χ0) is 15.3. The van der Waals surface area contributed by atoms with Crippen molar-refractivity contribution in [3.8, 4) is 0 Å². The maximum atomic E-state index is 12.4. The van der Waals surface area contributed by atoms with Crippen molar-refractivity contribution in [3.63, 3.8) is 0 Å². The monoisotopic (exact) mass is 280 g/mol. The number of nitrogen functional groups attached to an aromatic ring is 1. The predicted molar refractivity (Wildman–Crippen MR) is 79.4 cm³/mol. The lowest BCUT2D eigenvalue weighted by molar-refractivity contribution is 0.0731. The minimum absolute atomic E-state index is 0.0568. The maximum Gasteiger partial charge on any atom is 0.254 e. The van der Waals surface area contributed by atoms with E-state index in [2.05, 4.69) is 10.4 Å². The van der Waals surface area contributed by atoms with E-state index in [0.29, 0.717) is 24.5 Å². The average Bonchev–Trinajstić information content (AvgIpc) is 2.42. The Balaban J connectivity index is 3.20. The van der Waals surface area contributed by atoms with E-state index >= 15 is 0 Å². The van der Waals surface area contributed by atoms with Crippen LogP contribution in [0.3, 0.4) is 0 Å². The van der Waals surface area contributed by atoms with E-state index in [1.165, 1.54) is 0 Å². The molecule has 0 aliphatic heterocycles. The summed E-state index contributed by atoms with van der Waals surface area (Å²) in [7, 11) is 0. The third kappa shape index (κ3) is 3.91. The lowest BCUT2D eigenvalue weighted by Gasteiger charge is -2.23. The molecular weight excluding hydrogens is 256 g/mol. The van der Waals surface area contributed by atoms with Crippen LogP contribution in [0.2, 0.25) is 0 Å². The van der Waals surface area contributed by atoms with Gasteiger partial charge in [-0.15, -0.1) is 0 Å². The van der Waals surface area contributed by atoms with Gasteiger partial charge in [-0.3, -0.25) is 4.79 Å². The van der Waals surface area contributed by atoms with E-state index in [1.54, 1.807) is 17.0 Å². The summed E-state index contributed by atoms with van der Waals surface area (Å²) in [5, 5.41) is 9.01. The molecule has 0 aliphatic carbocycles. The van der Waals surface area contributed by atoms with Gasteiger partial charge in [0, 0.05) is 29.8 Å². The van der Waals surface area contributed by atoms with Crippen molar-refractivity contribution >= 4 is 11.7 Å². The van der Waals surface area contributed by atoms with Gasteiger partial charge in [-0.1, -0.05) is 20.8 Å². The second kappa shape index (κ2) is 6.67. The number of hydrogen-bond acceptors (Lipinski definition) is 5. The van der Waals surface area contributed by atoms with Gasteiger partial charge in [-0.2, -0.15) is 0 Å². The standard InChI is InChI=1S/C14H24N4O2/c1-5-18(6-7-19)13(20)10-8-11(14(2,3)4)16-12(9-10)17-15/h8-9,19H,5-7,15H2,1-4H3,(H,16,17). The Morgan fingerprint density at radius 1 is 1.45 bits per heavy atom. The summed E-state index contributed by atoms with van der Waals surface area (Å²) in [5.41, 5.74) is 3.62. The highest BCUT2D eigenvalue weighted by atomic mass is 16.3. The van der Waals surface area contributed by atoms with E-state index in [1.807, 2.05) is 27.7 Å². The molecule has 0 spiro atoms. The van der Waals surface area contributed by atoms with Crippen molar-refractivity contribution in [1.29, 1.82) is 0 Å². The van der Waals surface area contributed by atoms with E-state index in [-0.39, 0.29) is 17.9 Å². The summed E-state index contributed by atoms with van der Waals surface area (Å²) < 4.78 is 0. The first kappa shape index (κ1) is 16.4. The number of hydrazine groups is 1. The van der Waals surface area contributed by atoms with Gasteiger partial charge in [0.1, 0.15) is 5.82 Å². The topological polar surface area (TPSA) is 91.5 Å². The molecule has 1 aromatic rings. The van der Waals surface area contributed by atoms with Gasteiger partial charge in [-0.05, 0) is 19.1 Å². The van der Waals surface area contributed by atoms with Crippen LogP contribution in [0.5, 0.6) is 0 Å². The van der Waals surface area contributed by atoms with Crippen LogP contribution < -0.4 is 11.3 Å². The molecule has 4 N–H and O–H groups in total. The third-order valence-electron chi connectivity index (χ3n) is 3.03. The molecule has 112 valence electrons. The fourth-order valence-corrected chi connectivity index (χ4v) is 1.82. The number of nitrogens with two attached hydrogens (primary N) is 1. The molecule has 20 heavy (non-hydrogen) atoms. The molecule has 0 aliphatic rings. The SMILES string of the molecule is CCN(CCO)C(=O)c1cc(NN)nc(C(C)(C)C)c1. The number of aromatic nitrogens is 1. The minimum atomic E-state index is -0.185. The second-order valence-corrected chi connectivity index (χ2v) is 5.63. The van der Waals surface area contributed by atoms with Crippen LogP contribution in [0.4, 0.5) is 5.82 Å². The fraction of sp³-hybridized carbons (Fsp3) is 0.571. The summed E-state index contributed by atoms with van der Waals surface area (Å²) in [6.45, 7) is 8.74. The Labute approximate surface area is 120 Å². The summed E-state index contributed by atoms with van der Waals surface area (Å²) in [4.78, 5) is 18.4. The van der Waals surface area contributed by atoms with E-state index in [0.717, 1.165) is 5.69 Å². The second-order valence-electron chi connectivity index (χ2n) is 5.63. The number of pyridine rings is 1. The summed E-state index contributed by atoms with van der Waals surface area (Å²) in [6, 6.07) is 3.40. The molecule has 0 fully saturated rings. The van der Waals surface area contributed by atoms with Gasteiger partial charge < -0.3 is 15.4 Å². The predicted octanol–water partition coefficient (Wildman–Crippen LogP) is 1.12.